The summed E-state index contributed by atoms with van der Waals surface area (Å²) >= 11 is 6.19. The van der Waals surface area contributed by atoms with Crippen molar-refractivity contribution in [1.82, 2.24) is 4.98 Å². The number of ketones is 1. The number of carbonyl (C=O) groups excluding carboxylic acids is 1. The molecule has 0 radical (unpaired) electrons. The molecule has 3 aromatic rings. The number of fused-ring (bicyclic) bond motifs is 1. The average Bonchev–Trinajstić information content (AvgIpc) is 3.26. The monoisotopic (exact) mass is 450 g/mol. The number of rotatable bonds is 5. The summed E-state index contributed by atoms with van der Waals surface area (Å²) in [7, 11) is 0. The number of hydrogen-bond acceptors (Lipinski definition) is 4. The smallest absolute Gasteiger partial charge is 0.163 e. The Labute approximate surface area is 195 Å². The Morgan fingerprint density at radius 1 is 1.09 bits per heavy atom. The number of carbonyl (C=O) groups is 1. The van der Waals surface area contributed by atoms with Gasteiger partial charge in [-0.15, -0.1) is 0 Å². The largest absolute Gasteiger partial charge is 0.360 e. The second-order valence-electron chi connectivity index (χ2n) is 9.64. The van der Waals surface area contributed by atoms with Crippen LogP contribution in [0.15, 0.2) is 42.5 Å². The lowest BCUT2D eigenvalue weighted by Gasteiger charge is -2.29. The van der Waals surface area contributed by atoms with Crippen LogP contribution in [0.5, 0.6) is 0 Å². The van der Waals surface area contributed by atoms with Crippen LogP contribution in [0.25, 0.3) is 22.0 Å². The van der Waals surface area contributed by atoms with Gasteiger partial charge in [0.05, 0.1) is 11.1 Å². The fourth-order valence-corrected chi connectivity index (χ4v) is 4.62. The van der Waals surface area contributed by atoms with Gasteiger partial charge in [0.1, 0.15) is 11.9 Å². The van der Waals surface area contributed by atoms with Gasteiger partial charge in [-0.3, -0.25) is 4.79 Å². The van der Waals surface area contributed by atoms with Crippen LogP contribution in [0.2, 0.25) is 5.02 Å². The first kappa shape index (κ1) is 22.8. The molecule has 32 heavy (non-hydrogen) atoms. The van der Waals surface area contributed by atoms with Gasteiger partial charge < -0.3 is 9.64 Å². The van der Waals surface area contributed by atoms with Gasteiger partial charge in [-0.25, -0.2) is 4.98 Å². The van der Waals surface area contributed by atoms with Gasteiger partial charge in [-0.2, -0.15) is 0 Å². The van der Waals surface area contributed by atoms with Crippen molar-refractivity contribution in [3.8, 4) is 11.1 Å². The molecule has 1 aromatic heterocycles. The van der Waals surface area contributed by atoms with Crippen molar-refractivity contribution >= 4 is 34.1 Å². The molecule has 168 valence electrons. The van der Waals surface area contributed by atoms with Crippen LogP contribution in [-0.2, 0) is 9.53 Å². The average molecular weight is 451 g/mol. The van der Waals surface area contributed by atoms with Crippen molar-refractivity contribution in [3.05, 3.63) is 58.6 Å². The van der Waals surface area contributed by atoms with Crippen LogP contribution in [0.3, 0.4) is 0 Å². The van der Waals surface area contributed by atoms with Crippen LogP contribution >= 0.6 is 11.6 Å². The summed E-state index contributed by atoms with van der Waals surface area (Å²) < 4.78 is 6.30. The van der Waals surface area contributed by atoms with Gasteiger partial charge in [0, 0.05) is 23.5 Å². The Morgan fingerprint density at radius 2 is 1.75 bits per heavy atom. The van der Waals surface area contributed by atoms with E-state index in [4.69, 9.17) is 21.3 Å². The topological polar surface area (TPSA) is 42.4 Å². The highest BCUT2D eigenvalue weighted by Gasteiger charge is 2.30. The SMILES string of the molecule is CC(=O)[C@@H](OC(C)(C)C)c1c(C)cc2nc(N3CCCC3)ccc2c1-c1ccc(Cl)cc1. The Balaban J connectivity index is 1.98. The third kappa shape index (κ3) is 4.67. The summed E-state index contributed by atoms with van der Waals surface area (Å²) in [6.45, 7) is 11.7. The second kappa shape index (κ2) is 8.84. The Bertz CT molecular complexity index is 1140. The lowest BCUT2D eigenvalue weighted by Crippen LogP contribution is -2.27. The molecule has 4 rings (SSSR count). The van der Waals surface area contributed by atoms with Crippen molar-refractivity contribution in [2.24, 2.45) is 0 Å². The molecule has 5 heteroatoms. The molecule has 1 fully saturated rings. The van der Waals surface area contributed by atoms with E-state index in [0.717, 1.165) is 52.1 Å². The summed E-state index contributed by atoms with van der Waals surface area (Å²) in [5.74, 6) is 0.998. The van der Waals surface area contributed by atoms with Crippen molar-refractivity contribution in [1.29, 1.82) is 0 Å². The molecule has 0 aliphatic carbocycles. The van der Waals surface area contributed by atoms with Crippen LogP contribution in [-0.4, -0.2) is 29.5 Å². The van der Waals surface area contributed by atoms with E-state index in [0.29, 0.717) is 5.02 Å². The van der Waals surface area contributed by atoms with E-state index in [-0.39, 0.29) is 5.78 Å². The first-order valence-electron chi connectivity index (χ1n) is 11.3. The quantitative estimate of drug-likeness (QED) is 0.423. The summed E-state index contributed by atoms with van der Waals surface area (Å²) in [6.07, 6.45) is 1.75. The molecular weight excluding hydrogens is 420 g/mol. The fraction of sp³-hybridized carbons (Fsp3) is 0.407. The number of Topliss-reactive ketones (excluding diaryl/α,β-unsaturated/α-hetero) is 1. The lowest BCUT2D eigenvalue weighted by atomic mass is 9.87. The first-order chi connectivity index (χ1) is 15.1. The number of aryl methyl sites for hydroxylation is 1. The molecule has 0 saturated carbocycles. The Morgan fingerprint density at radius 3 is 2.34 bits per heavy atom. The molecule has 1 saturated heterocycles. The highest BCUT2D eigenvalue weighted by molar-refractivity contribution is 6.30. The minimum absolute atomic E-state index is 0.0146. The molecule has 2 aromatic carbocycles. The van der Waals surface area contributed by atoms with Gasteiger partial charge >= 0.3 is 0 Å². The predicted molar refractivity (Wildman–Crippen MR) is 133 cm³/mol. The highest BCUT2D eigenvalue weighted by Crippen LogP contribution is 2.41. The third-order valence-electron chi connectivity index (χ3n) is 5.89. The molecule has 0 spiro atoms. The van der Waals surface area contributed by atoms with E-state index in [1.807, 2.05) is 52.0 Å². The minimum Gasteiger partial charge on any atom is -0.360 e. The van der Waals surface area contributed by atoms with Gasteiger partial charge in [0.2, 0.25) is 0 Å². The molecule has 0 amide bonds. The van der Waals surface area contributed by atoms with Crippen LogP contribution in [0.1, 0.15) is 57.8 Å². The maximum Gasteiger partial charge on any atom is 0.163 e. The van der Waals surface area contributed by atoms with E-state index in [2.05, 4.69) is 23.1 Å². The Hall–Kier alpha value is -2.43. The summed E-state index contributed by atoms with van der Waals surface area (Å²) in [5.41, 5.74) is 4.35. The van der Waals surface area contributed by atoms with E-state index in [9.17, 15) is 4.79 Å². The van der Waals surface area contributed by atoms with Crippen LogP contribution < -0.4 is 4.90 Å². The summed E-state index contributed by atoms with van der Waals surface area (Å²) in [5, 5.41) is 1.69. The number of hydrogen-bond donors (Lipinski definition) is 0. The number of nitrogens with zero attached hydrogens (tertiary/aromatic N) is 2. The van der Waals surface area contributed by atoms with Gasteiger partial charge in [-0.1, -0.05) is 23.7 Å². The molecule has 0 unspecified atom stereocenters. The maximum atomic E-state index is 12.8. The number of halogens is 1. The van der Waals surface area contributed by atoms with Gasteiger partial charge in [0.25, 0.3) is 0 Å². The normalized spacial score (nSPS) is 15.4. The molecule has 0 bridgehead atoms. The van der Waals surface area contributed by atoms with Crippen molar-refractivity contribution < 1.29 is 9.53 Å². The van der Waals surface area contributed by atoms with E-state index < -0.39 is 11.7 Å². The summed E-state index contributed by atoms with van der Waals surface area (Å²) in [4.78, 5) is 20.2. The van der Waals surface area contributed by atoms with E-state index in [1.165, 1.54) is 12.8 Å². The van der Waals surface area contributed by atoms with Crippen LogP contribution in [0, 0.1) is 6.92 Å². The second-order valence-corrected chi connectivity index (χ2v) is 10.1. The van der Waals surface area contributed by atoms with Gasteiger partial charge in [-0.05, 0) is 100 Å². The predicted octanol–water partition coefficient (Wildman–Crippen LogP) is 6.91. The molecular formula is C27H31ClN2O2. The number of anilines is 1. The van der Waals surface area contributed by atoms with Crippen molar-refractivity contribution in [2.75, 3.05) is 18.0 Å². The highest BCUT2D eigenvalue weighted by atomic mass is 35.5. The third-order valence-corrected chi connectivity index (χ3v) is 6.14. The standard InChI is InChI=1S/C27H31ClN2O2/c1-17-16-22-21(12-13-23(29-22)30-14-6-7-15-30)25(19-8-10-20(28)11-9-19)24(17)26(18(2)31)32-27(3,4)5/h8-13,16,26H,6-7,14-15H2,1-5H3/t26-/m1/s1. The van der Waals surface area contributed by atoms with E-state index >= 15 is 0 Å². The molecule has 1 aliphatic heterocycles. The van der Waals surface area contributed by atoms with E-state index in [1.54, 1.807) is 6.92 Å². The lowest BCUT2D eigenvalue weighted by molar-refractivity contribution is -0.138. The van der Waals surface area contributed by atoms with Gasteiger partial charge in [0.15, 0.2) is 5.78 Å². The number of benzene rings is 2. The minimum atomic E-state index is -0.664. The van der Waals surface area contributed by atoms with Crippen molar-refractivity contribution in [2.45, 2.75) is 59.2 Å². The maximum absolute atomic E-state index is 12.8. The molecule has 1 aliphatic rings. The number of aromatic nitrogens is 1. The number of pyridine rings is 1. The zero-order valence-electron chi connectivity index (χ0n) is 19.5. The molecule has 4 nitrogen and oxygen atoms in total. The molecule has 0 N–H and O–H groups in total. The van der Waals surface area contributed by atoms with Crippen molar-refractivity contribution in [3.63, 3.8) is 0 Å². The number of ether oxygens (including phenoxy) is 1. The molecule has 2 heterocycles. The zero-order valence-corrected chi connectivity index (χ0v) is 20.3. The fourth-order valence-electron chi connectivity index (χ4n) is 4.50. The summed E-state index contributed by atoms with van der Waals surface area (Å²) in [6, 6.07) is 14.1. The molecule has 1 atom stereocenters. The van der Waals surface area contributed by atoms with Crippen LogP contribution in [0.4, 0.5) is 5.82 Å². The Kier molecular flexibility index (Phi) is 6.28. The first-order valence-corrected chi connectivity index (χ1v) is 11.7. The zero-order chi connectivity index (χ0) is 23.0.